The molecule has 6 nitrogen and oxygen atoms in total. The molecule has 2 aromatic carbocycles. The maximum Gasteiger partial charge on any atom is 0.185 e. The zero-order chi connectivity index (χ0) is 17.6. The normalized spacial score (nSPS) is 15.1. The zero-order valence-electron chi connectivity index (χ0n) is 13.8. The molecule has 0 spiro atoms. The predicted octanol–water partition coefficient (Wildman–Crippen LogP) is 3.27. The molecule has 1 aliphatic rings. The summed E-state index contributed by atoms with van der Waals surface area (Å²) in [6.07, 6.45) is 4.64. The minimum atomic E-state index is -0.347. The second-order valence-corrected chi connectivity index (χ2v) is 6.54. The van der Waals surface area contributed by atoms with Crippen LogP contribution in [-0.4, -0.2) is 30.4 Å². The van der Waals surface area contributed by atoms with Crippen LogP contribution in [0.5, 0.6) is 0 Å². The van der Waals surface area contributed by atoms with E-state index in [0.29, 0.717) is 0 Å². The molecular formula is C19H15FN6. The number of nitrogens with one attached hydrogen (secondary N) is 1. The molecule has 1 saturated carbocycles. The molecule has 0 bridgehead atoms. The Kier molecular flexibility index (Phi) is 3.21. The lowest BCUT2D eigenvalue weighted by atomic mass is 9.93. The van der Waals surface area contributed by atoms with E-state index in [1.165, 1.54) is 22.6 Å². The molecule has 1 N–H and O–H groups in total. The van der Waals surface area contributed by atoms with Crippen molar-refractivity contribution in [2.45, 2.75) is 18.3 Å². The molecule has 0 unspecified atom stereocenters. The van der Waals surface area contributed by atoms with Crippen LogP contribution in [0.4, 0.5) is 4.39 Å². The van der Waals surface area contributed by atoms with Gasteiger partial charge in [0.15, 0.2) is 11.6 Å². The maximum atomic E-state index is 13.1. The molecule has 2 heterocycles. The lowest BCUT2D eigenvalue weighted by molar-refractivity contribution is 0.627. The summed E-state index contributed by atoms with van der Waals surface area (Å²) in [6, 6.07) is 16.4. The fraction of sp³-hybridized carbons (Fsp3) is 0.158. The van der Waals surface area contributed by atoms with E-state index in [-0.39, 0.29) is 11.2 Å². The Morgan fingerprint density at radius 2 is 1.65 bits per heavy atom. The van der Waals surface area contributed by atoms with E-state index in [2.05, 4.69) is 50.0 Å². The van der Waals surface area contributed by atoms with Crippen molar-refractivity contribution in [3.8, 4) is 16.8 Å². The number of H-pyrrole nitrogens is 1. The summed E-state index contributed by atoms with van der Waals surface area (Å²) in [5, 5.41) is 18.5. The highest BCUT2D eigenvalue weighted by molar-refractivity contribution is 5.65. The van der Waals surface area contributed by atoms with E-state index < -0.39 is 0 Å². The van der Waals surface area contributed by atoms with Crippen molar-refractivity contribution < 1.29 is 4.39 Å². The van der Waals surface area contributed by atoms with Crippen LogP contribution in [0.3, 0.4) is 0 Å². The van der Waals surface area contributed by atoms with Crippen molar-refractivity contribution in [2.75, 3.05) is 0 Å². The van der Waals surface area contributed by atoms with Gasteiger partial charge in [0, 0.05) is 0 Å². The molecule has 0 amide bonds. The first-order valence-electron chi connectivity index (χ1n) is 8.40. The van der Waals surface area contributed by atoms with E-state index in [1.807, 2.05) is 24.3 Å². The molecule has 5 rings (SSSR count). The number of benzene rings is 2. The molecular weight excluding hydrogens is 331 g/mol. The zero-order valence-corrected chi connectivity index (χ0v) is 13.8. The topological polar surface area (TPSA) is 72.3 Å². The van der Waals surface area contributed by atoms with Gasteiger partial charge in [-0.3, -0.25) is 0 Å². The van der Waals surface area contributed by atoms with Crippen molar-refractivity contribution >= 4 is 0 Å². The molecule has 4 aromatic rings. The quantitative estimate of drug-likeness (QED) is 0.615. The fourth-order valence-electron chi connectivity index (χ4n) is 3.36. The monoisotopic (exact) mass is 346 g/mol. The van der Waals surface area contributed by atoms with Gasteiger partial charge in [-0.2, -0.15) is 10.3 Å². The first-order valence-corrected chi connectivity index (χ1v) is 8.40. The Morgan fingerprint density at radius 1 is 0.962 bits per heavy atom. The van der Waals surface area contributed by atoms with Gasteiger partial charge in [-0.05, 0) is 41.7 Å². The highest BCUT2D eigenvalue weighted by Gasteiger charge is 2.49. The number of tetrazole rings is 1. The van der Waals surface area contributed by atoms with E-state index in [0.717, 1.165) is 35.5 Å². The Hall–Kier alpha value is -3.35. The van der Waals surface area contributed by atoms with Gasteiger partial charge in [-0.15, -0.1) is 10.2 Å². The Bertz CT molecular complexity index is 1030. The second kappa shape index (κ2) is 5.59. The molecule has 0 aliphatic heterocycles. The van der Waals surface area contributed by atoms with Crippen molar-refractivity contribution in [1.29, 1.82) is 0 Å². The first-order chi connectivity index (χ1) is 12.7. The molecule has 7 heteroatoms. The van der Waals surface area contributed by atoms with Gasteiger partial charge in [0.05, 0.1) is 23.5 Å². The van der Waals surface area contributed by atoms with Gasteiger partial charge in [0.2, 0.25) is 0 Å². The van der Waals surface area contributed by atoms with Crippen LogP contribution in [0.1, 0.15) is 24.2 Å². The predicted molar refractivity (Wildman–Crippen MR) is 93.1 cm³/mol. The lowest BCUT2D eigenvalue weighted by Crippen LogP contribution is -2.10. The maximum absolute atomic E-state index is 13.1. The molecule has 2 aromatic heterocycles. The van der Waals surface area contributed by atoms with Crippen LogP contribution in [0.25, 0.3) is 16.8 Å². The van der Waals surface area contributed by atoms with Gasteiger partial charge in [0.1, 0.15) is 0 Å². The van der Waals surface area contributed by atoms with Gasteiger partial charge < -0.3 is 0 Å². The van der Waals surface area contributed by atoms with Crippen LogP contribution in [-0.2, 0) is 5.41 Å². The van der Waals surface area contributed by atoms with Crippen molar-refractivity contribution in [3.63, 3.8) is 0 Å². The van der Waals surface area contributed by atoms with E-state index in [1.54, 1.807) is 0 Å². The number of nitrogens with zero attached hydrogens (tertiary/aromatic N) is 5. The minimum absolute atomic E-state index is 0.0838. The third kappa shape index (κ3) is 2.40. The average Bonchev–Trinajstić information content (AvgIpc) is 3.09. The summed E-state index contributed by atoms with van der Waals surface area (Å²) >= 11 is 0. The van der Waals surface area contributed by atoms with Gasteiger partial charge in [0.25, 0.3) is 0 Å². The molecule has 1 aliphatic carbocycles. The minimum Gasteiger partial charge on any atom is -0.238 e. The number of hydrogen-bond donors (Lipinski definition) is 1. The summed E-state index contributed by atoms with van der Waals surface area (Å²) in [5.74, 6) is 0.418. The van der Waals surface area contributed by atoms with Crippen molar-refractivity contribution in [3.05, 3.63) is 78.1 Å². The molecule has 1 fully saturated rings. The van der Waals surface area contributed by atoms with Crippen LogP contribution in [0.2, 0.25) is 0 Å². The molecule has 26 heavy (non-hydrogen) atoms. The number of rotatable bonds is 4. The van der Waals surface area contributed by atoms with Gasteiger partial charge in [-0.25, -0.2) is 9.07 Å². The molecule has 0 atom stereocenters. The van der Waals surface area contributed by atoms with Crippen molar-refractivity contribution in [2.24, 2.45) is 0 Å². The van der Waals surface area contributed by atoms with Crippen molar-refractivity contribution in [1.82, 2.24) is 30.4 Å². The average molecular weight is 346 g/mol. The number of halogens is 1. The van der Waals surface area contributed by atoms with E-state index in [9.17, 15) is 4.39 Å². The van der Waals surface area contributed by atoms with E-state index in [4.69, 9.17) is 0 Å². The first kappa shape index (κ1) is 14.9. The molecule has 128 valence electrons. The number of aromatic amines is 1. The fourth-order valence-corrected chi connectivity index (χ4v) is 3.36. The number of hydrogen-bond acceptors (Lipinski definition) is 4. The molecule has 0 saturated heterocycles. The number of aromatic nitrogens is 6. The molecule has 0 radical (unpaired) electrons. The Labute approximate surface area is 148 Å². The summed E-state index contributed by atoms with van der Waals surface area (Å²) in [5.41, 5.74) is 4.17. The SMILES string of the molecule is Fc1cnn(-c2ccc(-c3ccc(C4(c5nn[nH]n5)CC4)cc3)cc2)c1. The van der Waals surface area contributed by atoms with Crippen LogP contribution in [0, 0.1) is 5.82 Å². The standard InChI is InChI=1S/C19H15FN6/c20-16-11-21-26(12-16)17-7-3-14(4-8-17)13-1-5-15(6-2-13)19(9-10-19)18-22-24-25-23-18/h1-8,11-12H,9-10H2,(H,22,23,24,25). The summed E-state index contributed by atoms with van der Waals surface area (Å²) in [7, 11) is 0. The van der Waals surface area contributed by atoms with Gasteiger partial charge in [-0.1, -0.05) is 41.6 Å². The summed E-state index contributed by atoms with van der Waals surface area (Å²) in [6.45, 7) is 0. The third-order valence-corrected chi connectivity index (χ3v) is 4.98. The Balaban J connectivity index is 1.41. The Morgan fingerprint density at radius 3 is 2.19 bits per heavy atom. The van der Waals surface area contributed by atoms with Crippen LogP contribution >= 0.6 is 0 Å². The van der Waals surface area contributed by atoms with Crippen LogP contribution < -0.4 is 0 Å². The second-order valence-electron chi connectivity index (χ2n) is 6.54. The summed E-state index contributed by atoms with van der Waals surface area (Å²) < 4.78 is 14.6. The largest absolute Gasteiger partial charge is 0.238 e. The summed E-state index contributed by atoms with van der Waals surface area (Å²) in [4.78, 5) is 0. The van der Waals surface area contributed by atoms with Crippen LogP contribution in [0.15, 0.2) is 60.9 Å². The highest BCUT2D eigenvalue weighted by atomic mass is 19.1. The van der Waals surface area contributed by atoms with Gasteiger partial charge >= 0.3 is 0 Å². The lowest BCUT2D eigenvalue weighted by Gasteiger charge is -2.12. The highest BCUT2D eigenvalue weighted by Crippen LogP contribution is 2.52. The third-order valence-electron chi connectivity index (χ3n) is 4.98. The smallest absolute Gasteiger partial charge is 0.185 e. The van der Waals surface area contributed by atoms with E-state index >= 15 is 0 Å².